The lowest BCUT2D eigenvalue weighted by atomic mass is 10.0. The van der Waals surface area contributed by atoms with Gasteiger partial charge < -0.3 is 15.4 Å². The van der Waals surface area contributed by atoms with Crippen LogP contribution in [-0.4, -0.2) is 24.6 Å². The van der Waals surface area contributed by atoms with Gasteiger partial charge in [-0.1, -0.05) is 26.0 Å². The number of hydrogen-bond acceptors (Lipinski definition) is 3. The van der Waals surface area contributed by atoms with Crippen LogP contribution in [0.5, 0.6) is 0 Å². The summed E-state index contributed by atoms with van der Waals surface area (Å²) in [5, 5.41) is 5.24. The van der Waals surface area contributed by atoms with Crippen LogP contribution in [0.4, 0.5) is 9.18 Å². The molecule has 116 valence electrons. The normalized spacial score (nSPS) is 11.9. The fourth-order valence-corrected chi connectivity index (χ4v) is 1.74. The SMILES string of the molecule is CCOC(=O)N[C@H](C(=O)NCc1ccc(F)cc1)C(C)C. The summed E-state index contributed by atoms with van der Waals surface area (Å²) in [6.45, 7) is 5.86. The molecule has 0 bridgehead atoms. The first-order valence-corrected chi connectivity index (χ1v) is 6.89. The Kier molecular flexibility index (Phi) is 6.65. The van der Waals surface area contributed by atoms with Crippen LogP contribution >= 0.6 is 0 Å². The standard InChI is InChI=1S/C15H21FN2O3/c1-4-21-15(20)18-13(10(2)3)14(19)17-9-11-5-7-12(16)8-6-11/h5-8,10,13H,4,9H2,1-3H3,(H,17,19)(H,18,20)/t13-/m0/s1. The molecule has 5 nitrogen and oxygen atoms in total. The third-order valence-electron chi connectivity index (χ3n) is 2.88. The van der Waals surface area contributed by atoms with E-state index < -0.39 is 12.1 Å². The van der Waals surface area contributed by atoms with Gasteiger partial charge in [0.25, 0.3) is 0 Å². The molecule has 0 aliphatic carbocycles. The van der Waals surface area contributed by atoms with E-state index in [0.29, 0.717) is 0 Å². The van der Waals surface area contributed by atoms with Crippen LogP contribution in [0.2, 0.25) is 0 Å². The second kappa shape index (κ2) is 8.24. The zero-order valence-corrected chi connectivity index (χ0v) is 12.5. The molecule has 0 saturated heterocycles. The van der Waals surface area contributed by atoms with E-state index in [1.54, 1.807) is 19.1 Å². The molecule has 1 atom stereocenters. The molecule has 21 heavy (non-hydrogen) atoms. The molecule has 0 fully saturated rings. The van der Waals surface area contributed by atoms with Gasteiger partial charge in [0.15, 0.2) is 0 Å². The third-order valence-corrected chi connectivity index (χ3v) is 2.88. The van der Waals surface area contributed by atoms with Crippen LogP contribution in [0.3, 0.4) is 0 Å². The monoisotopic (exact) mass is 296 g/mol. The van der Waals surface area contributed by atoms with Crippen LogP contribution in [0.15, 0.2) is 24.3 Å². The summed E-state index contributed by atoms with van der Waals surface area (Å²) >= 11 is 0. The summed E-state index contributed by atoms with van der Waals surface area (Å²) in [4.78, 5) is 23.5. The fraction of sp³-hybridized carbons (Fsp3) is 0.467. The van der Waals surface area contributed by atoms with Crippen molar-refractivity contribution in [3.8, 4) is 0 Å². The molecule has 0 aliphatic rings. The summed E-state index contributed by atoms with van der Waals surface area (Å²) in [7, 11) is 0. The van der Waals surface area contributed by atoms with Crippen molar-refractivity contribution in [3.05, 3.63) is 35.6 Å². The van der Waals surface area contributed by atoms with Gasteiger partial charge in [-0.25, -0.2) is 9.18 Å². The van der Waals surface area contributed by atoms with Crippen molar-refractivity contribution in [2.24, 2.45) is 5.92 Å². The van der Waals surface area contributed by atoms with Gasteiger partial charge in [0.1, 0.15) is 11.9 Å². The molecule has 1 aromatic carbocycles. The van der Waals surface area contributed by atoms with Crippen molar-refractivity contribution < 1.29 is 18.7 Å². The van der Waals surface area contributed by atoms with E-state index in [1.165, 1.54) is 12.1 Å². The van der Waals surface area contributed by atoms with Crippen molar-refractivity contribution in [3.63, 3.8) is 0 Å². The molecule has 0 heterocycles. The molecular formula is C15H21FN2O3. The van der Waals surface area contributed by atoms with E-state index in [9.17, 15) is 14.0 Å². The Hall–Kier alpha value is -2.11. The smallest absolute Gasteiger partial charge is 0.407 e. The minimum absolute atomic E-state index is 0.0809. The van der Waals surface area contributed by atoms with Crippen LogP contribution in [0.25, 0.3) is 0 Å². The van der Waals surface area contributed by atoms with E-state index in [0.717, 1.165) is 5.56 Å². The highest BCUT2D eigenvalue weighted by molar-refractivity contribution is 5.85. The van der Waals surface area contributed by atoms with Crippen LogP contribution in [0.1, 0.15) is 26.3 Å². The number of alkyl carbamates (subject to hydrolysis) is 1. The number of hydrogen-bond donors (Lipinski definition) is 2. The predicted octanol–water partition coefficient (Wildman–Crippen LogP) is 2.21. The largest absolute Gasteiger partial charge is 0.450 e. The summed E-state index contributed by atoms with van der Waals surface area (Å²) < 4.78 is 17.6. The third kappa shape index (κ3) is 5.81. The molecule has 1 aromatic rings. The van der Waals surface area contributed by atoms with Gasteiger partial charge in [-0.15, -0.1) is 0 Å². The second-order valence-electron chi connectivity index (χ2n) is 4.93. The Morgan fingerprint density at radius 1 is 1.24 bits per heavy atom. The molecule has 2 N–H and O–H groups in total. The predicted molar refractivity (Wildman–Crippen MR) is 77.0 cm³/mol. The Bertz CT molecular complexity index is 474. The lowest BCUT2D eigenvalue weighted by molar-refractivity contribution is -0.124. The summed E-state index contributed by atoms with van der Waals surface area (Å²) in [5.74, 6) is -0.709. The van der Waals surface area contributed by atoms with Gasteiger partial charge in [0.2, 0.25) is 5.91 Å². The highest BCUT2D eigenvalue weighted by Gasteiger charge is 2.24. The first kappa shape index (κ1) is 16.9. The van der Waals surface area contributed by atoms with Crippen molar-refractivity contribution in [1.82, 2.24) is 10.6 Å². The van der Waals surface area contributed by atoms with E-state index in [4.69, 9.17) is 4.74 Å². The van der Waals surface area contributed by atoms with Crippen molar-refractivity contribution >= 4 is 12.0 Å². The van der Waals surface area contributed by atoms with Crippen molar-refractivity contribution in [2.75, 3.05) is 6.61 Å². The Morgan fingerprint density at radius 2 is 1.86 bits per heavy atom. The maximum atomic E-state index is 12.8. The van der Waals surface area contributed by atoms with Gasteiger partial charge in [0, 0.05) is 6.54 Å². The van der Waals surface area contributed by atoms with Gasteiger partial charge in [0.05, 0.1) is 6.61 Å². The quantitative estimate of drug-likeness (QED) is 0.845. The molecule has 0 radical (unpaired) electrons. The minimum atomic E-state index is -0.676. The molecule has 1 rings (SSSR count). The molecule has 0 unspecified atom stereocenters. The lowest BCUT2D eigenvalue weighted by Crippen LogP contribution is -2.49. The molecule has 0 spiro atoms. The highest BCUT2D eigenvalue weighted by Crippen LogP contribution is 2.05. The maximum absolute atomic E-state index is 12.8. The number of carbonyl (C=O) groups is 2. The average molecular weight is 296 g/mol. The molecule has 0 saturated carbocycles. The molecule has 0 aliphatic heterocycles. The summed E-state index contributed by atoms with van der Waals surface area (Å²) in [6.07, 6.45) is -0.617. The minimum Gasteiger partial charge on any atom is -0.450 e. The van der Waals surface area contributed by atoms with Gasteiger partial charge in [-0.05, 0) is 30.5 Å². The van der Waals surface area contributed by atoms with Crippen LogP contribution in [-0.2, 0) is 16.1 Å². The van der Waals surface area contributed by atoms with Crippen molar-refractivity contribution in [2.45, 2.75) is 33.4 Å². The maximum Gasteiger partial charge on any atom is 0.407 e. The van der Waals surface area contributed by atoms with Gasteiger partial charge >= 0.3 is 6.09 Å². The number of ether oxygens (including phenoxy) is 1. The van der Waals surface area contributed by atoms with Crippen LogP contribution < -0.4 is 10.6 Å². The number of rotatable bonds is 6. The van der Waals surface area contributed by atoms with E-state index in [1.807, 2.05) is 13.8 Å². The number of halogens is 1. The van der Waals surface area contributed by atoms with E-state index in [2.05, 4.69) is 10.6 Å². The topological polar surface area (TPSA) is 67.4 Å². The zero-order valence-electron chi connectivity index (χ0n) is 12.5. The second-order valence-corrected chi connectivity index (χ2v) is 4.93. The first-order chi connectivity index (χ1) is 9.93. The van der Waals surface area contributed by atoms with Crippen LogP contribution in [0, 0.1) is 11.7 Å². The molecule has 6 heteroatoms. The van der Waals surface area contributed by atoms with Gasteiger partial charge in [-0.2, -0.15) is 0 Å². The Labute approximate surface area is 123 Å². The molecule has 2 amide bonds. The molecule has 0 aromatic heterocycles. The van der Waals surface area contributed by atoms with E-state index >= 15 is 0 Å². The van der Waals surface area contributed by atoms with E-state index in [-0.39, 0.29) is 30.8 Å². The molecular weight excluding hydrogens is 275 g/mol. The Balaban J connectivity index is 2.56. The Morgan fingerprint density at radius 3 is 2.38 bits per heavy atom. The summed E-state index contributed by atoms with van der Waals surface area (Å²) in [6, 6.07) is 5.18. The number of benzene rings is 1. The number of carbonyl (C=O) groups excluding carboxylic acids is 2. The number of nitrogens with one attached hydrogen (secondary N) is 2. The van der Waals surface area contributed by atoms with Crippen molar-refractivity contribution in [1.29, 1.82) is 0 Å². The highest BCUT2D eigenvalue weighted by atomic mass is 19.1. The lowest BCUT2D eigenvalue weighted by Gasteiger charge is -2.21. The zero-order chi connectivity index (χ0) is 15.8. The number of amides is 2. The first-order valence-electron chi connectivity index (χ1n) is 6.89. The van der Waals surface area contributed by atoms with Gasteiger partial charge in [-0.3, -0.25) is 4.79 Å². The average Bonchev–Trinajstić information content (AvgIpc) is 2.44. The summed E-state index contributed by atoms with van der Waals surface area (Å²) in [5.41, 5.74) is 0.781. The fourth-order valence-electron chi connectivity index (χ4n) is 1.74.